The van der Waals surface area contributed by atoms with Gasteiger partial charge < -0.3 is 10.0 Å². The average molecular weight is 212 g/mol. The number of amides is 1. The van der Waals surface area contributed by atoms with Crippen molar-refractivity contribution in [1.29, 1.82) is 0 Å². The summed E-state index contributed by atoms with van der Waals surface area (Å²) in [5.41, 5.74) is 0.918. The largest absolute Gasteiger partial charge is 0.388 e. The van der Waals surface area contributed by atoms with Crippen LogP contribution < -0.4 is 0 Å². The summed E-state index contributed by atoms with van der Waals surface area (Å²) >= 11 is 1.33. The molecule has 76 valence electrons. The van der Waals surface area contributed by atoms with E-state index in [0.29, 0.717) is 24.4 Å². The minimum absolute atomic E-state index is 0.0229. The van der Waals surface area contributed by atoms with Crippen LogP contribution in [-0.4, -0.2) is 39.6 Å². The van der Waals surface area contributed by atoms with Crippen LogP contribution in [0.2, 0.25) is 0 Å². The zero-order valence-electron chi connectivity index (χ0n) is 7.93. The lowest BCUT2D eigenvalue weighted by atomic mass is 10.1. The number of carbonyl (C=O) groups excluding carboxylic acids is 1. The molecule has 0 radical (unpaired) electrons. The zero-order valence-corrected chi connectivity index (χ0v) is 8.75. The van der Waals surface area contributed by atoms with E-state index in [1.165, 1.54) is 11.3 Å². The van der Waals surface area contributed by atoms with Gasteiger partial charge in [-0.2, -0.15) is 0 Å². The van der Waals surface area contributed by atoms with Gasteiger partial charge in [-0.05, 0) is 13.3 Å². The molecule has 0 spiro atoms. The molecule has 0 bridgehead atoms. The Morgan fingerprint density at radius 2 is 2.57 bits per heavy atom. The fourth-order valence-corrected chi connectivity index (χ4v) is 2.18. The van der Waals surface area contributed by atoms with Gasteiger partial charge in [-0.3, -0.25) is 9.78 Å². The maximum atomic E-state index is 11.8. The first-order valence-electron chi connectivity index (χ1n) is 4.49. The van der Waals surface area contributed by atoms with E-state index in [0.717, 1.165) is 0 Å². The van der Waals surface area contributed by atoms with Crippen molar-refractivity contribution in [1.82, 2.24) is 9.88 Å². The van der Waals surface area contributed by atoms with E-state index in [-0.39, 0.29) is 5.91 Å². The van der Waals surface area contributed by atoms with E-state index < -0.39 is 5.60 Å². The minimum atomic E-state index is -0.722. The molecule has 5 heteroatoms. The van der Waals surface area contributed by atoms with Crippen LogP contribution in [-0.2, 0) is 0 Å². The molecule has 1 unspecified atom stereocenters. The van der Waals surface area contributed by atoms with Gasteiger partial charge >= 0.3 is 0 Å². The van der Waals surface area contributed by atoms with Crippen molar-refractivity contribution >= 4 is 17.2 Å². The third kappa shape index (κ3) is 1.78. The predicted molar refractivity (Wildman–Crippen MR) is 53.3 cm³/mol. The highest BCUT2D eigenvalue weighted by molar-refractivity contribution is 7.11. The fourth-order valence-electron chi connectivity index (χ4n) is 1.60. The van der Waals surface area contributed by atoms with Crippen LogP contribution in [0.4, 0.5) is 0 Å². The van der Waals surface area contributed by atoms with Crippen LogP contribution >= 0.6 is 11.3 Å². The molecule has 2 heterocycles. The van der Waals surface area contributed by atoms with Gasteiger partial charge in [0.05, 0.1) is 17.3 Å². The first-order chi connectivity index (χ1) is 6.58. The summed E-state index contributed by atoms with van der Waals surface area (Å²) in [6.07, 6.45) is 2.22. The van der Waals surface area contributed by atoms with Crippen molar-refractivity contribution in [3.05, 3.63) is 16.6 Å². The standard InChI is InChI=1S/C9H12N2O2S/c1-9(13)2-3-11(5-9)8(12)7-4-10-6-14-7/h4,6,13H,2-3,5H2,1H3. The molecule has 14 heavy (non-hydrogen) atoms. The van der Waals surface area contributed by atoms with E-state index in [2.05, 4.69) is 4.98 Å². The molecule has 1 atom stereocenters. The topological polar surface area (TPSA) is 53.4 Å². The zero-order chi connectivity index (χ0) is 10.2. The van der Waals surface area contributed by atoms with Gasteiger partial charge in [0.25, 0.3) is 5.91 Å². The van der Waals surface area contributed by atoms with Crippen molar-refractivity contribution in [3.63, 3.8) is 0 Å². The number of thiazole rings is 1. The maximum absolute atomic E-state index is 11.8. The first-order valence-corrected chi connectivity index (χ1v) is 5.37. The van der Waals surface area contributed by atoms with E-state index in [9.17, 15) is 9.90 Å². The van der Waals surface area contributed by atoms with Crippen LogP contribution in [0, 0.1) is 0 Å². The number of nitrogens with zero attached hydrogens (tertiary/aromatic N) is 2. The van der Waals surface area contributed by atoms with E-state index in [1.807, 2.05) is 0 Å². The third-order valence-corrected chi connectivity index (χ3v) is 3.14. The summed E-state index contributed by atoms with van der Waals surface area (Å²) in [5.74, 6) is -0.0229. The second kappa shape index (κ2) is 3.33. The highest BCUT2D eigenvalue weighted by atomic mass is 32.1. The van der Waals surface area contributed by atoms with Crippen molar-refractivity contribution in [2.75, 3.05) is 13.1 Å². The Balaban J connectivity index is 2.08. The van der Waals surface area contributed by atoms with E-state index in [1.54, 1.807) is 23.5 Å². The number of rotatable bonds is 1. The summed E-state index contributed by atoms with van der Waals surface area (Å²) in [6.45, 7) is 2.81. The summed E-state index contributed by atoms with van der Waals surface area (Å²) < 4.78 is 0. The molecule has 0 saturated carbocycles. The number of likely N-dealkylation sites (tertiary alicyclic amines) is 1. The fraction of sp³-hybridized carbons (Fsp3) is 0.556. The molecule has 0 aliphatic carbocycles. The molecule has 1 amide bonds. The van der Waals surface area contributed by atoms with E-state index >= 15 is 0 Å². The van der Waals surface area contributed by atoms with E-state index in [4.69, 9.17) is 0 Å². The average Bonchev–Trinajstić information content (AvgIpc) is 2.72. The van der Waals surface area contributed by atoms with Gasteiger partial charge in [0.15, 0.2) is 0 Å². The Labute approximate surface area is 86.2 Å². The molecule has 1 aromatic heterocycles. The Morgan fingerprint density at radius 1 is 1.79 bits per heavy atom. The number of β-amino-alcohol motifs (C(OH)–C–C–N with tert-alkyl or cyclic N) is 1. The number of hydrogen-bond acceptors (Lipinski definition) is 4. The quantitative estimate of drug-likeness (QED) is 0.747. The lowest BCUT2D eigenvalue weighted by Gasteiger charge is -2.17. The number of aromatic nitrogens is 1. The summed E-state index contributed by atoms with van der Waals surface area (Å²) in [5, 5.41) is 9.71. The predicted octanol–water partition coefficient (Wildman–Crippen LogP) is 0.740. The lowest BCUT2D eigenvalue weighted by molar-refractivity contribution is 0.0574. The van der Waals surface area contributed by atoms with Crippen molar-refractivity contribution in [2.24, 2.45) is 0 Å². The Bertz CT molecular complexity index is 335. The van der Waals surface area contributed by atoms with Crippen molar-refractivity contribution in [3.8, 4) is 0 Å². The summed E-state index contributed by atoms with van der Waals surface area (Å²) in [7, 11) is 0. The first kappa shape index (κ1) is 9.61. The lowest BCUT2D eigenvalue weighted by Crippen LogP contribution is -2.33. The smallest absolute Gasteiger partial charge is 0.265 e. The molecule has 1 aromatic rings. The highest BCUT2D eigenvalue weighted by Gasteiger charge is 2.34. The molecule has 1 N–H and O–H groups in total. The number of aliphatic hydroxyl groups is 1. The molecule has 0 aromatic carbocycles. The normalized spacial score (nSPS) is 26.9. The van der Waals surface area contributed by atoms with Gasteiger partial charge in [0.1, 0.15) is 4.88 Å². The van der Waals surface area contributed by atoms with Crippen molar-refractivity contribution < 1.29 is 9.90 Å². The van der Waals surface area contributed by atoms with Gasteiger partial charge in [-0.1, -0.05) is 0 Å². The monoisotopic (exact) mass is 212 g/mol. The summed E-state index contributed by atoms with van der Waals surface area (Å²) in [4.78, 5) is 18.0. The molecule has 2 rings (SSSR count). The van der Waals surface area contributed by atoms with Crippen LogP contribution in [0.3, 0.4) is 0 Å². The maximum Gasteiger partial charge on any atom is 0.265 e. The molecule has 1 saturated heterocycles. The number of carbonyl (C=O) groups is 1. The highest BCUT2D eigenvalue weighted by Crippen LogP contribution is 2.22. The second-order valence-corrected chi connectivity index (χ2v) is 4.73. The molecule has 1 aliphatic rings. The van der Waals surface area contributed by atoms with Crippen molar-refractivity contribution in [2.45, 2.75) is 18.9 Å². The second-order valence-electron chi connectivity index (χ2n) is 3.84. The van der Waals surface area contributed by atoms with Crippen LogP contribution in [0.25, 0.3) is 0 Å². The Kier molecular flexibility index (Phi) is 2.28. The minimum Gasteiger partial charge on any atom is -0.388 e. The SMILES string of the molecule is CC1(O)CCN(C(=O)c2cncs2)C1. The van der Waals surface area contributed by atoms with Crippen LogP contribution in [0.1, 0.15) is 23.0 Å². The third-order valence-electron chi connectivity index (χ3n) is 2.38. The van der Waals surface area contributed by atoms with Gasteiger partial charge in [0.2, 0.25) is 0 Å². The Morgan fingerprint density at radius 3 is 3.07 bits per heavy atom. The summed E-state index contributed by atoms with van der Waals surface area (Å²) in [6, 6.07) is 0. The van der Waals surface area contributed by atoms with Gasteiger partial charge in [-0.15, -0.1) is 11.3 Å². The Hall–Kier alpha value is -0.940. The molecule has 4 nitrogen and oxygen atoms in total. The molecular weight excluding hydrogens is 200 g/mol. The van der Waals surface area contributed by atoms with Gasteiger partial charge in [-0.25, -0.2) is 0 Å². The van der Waals surface area contributed by atoms with Gasteiger partial charge in [0, 0.05) is 13.1 Å². The molecule has 1 aliphatic heterocycles. The molecular formula is C9H12N2O2S. The van der Waals surface area contributed by atoms with Crippen LogP contribution in [0.15, 0.2) is 11.7 Å². The number of hydrogen-bond donors (Lipinski definition) is 1. The molecule has 1 fully saturated rings. The van der Waals surface area contributed by atoms with Crippen LogP contribution in [0.5, 0.6) is 0 Å².